The van der Waals surface area contributed by atoms with Gasteiger partial charge in [0.05, 0.1) is 13.5 Å². The zero-order chi connectivity index (χ0) is 11.8. The van der Waals surface area contributed by atoms with Gasteiger partial charge in [0.25, 0.3) is 0 Å². The van der Waals surface area contributed by atoms with Crippen molar-refractivity contribution in [2.24, 2.45) is 0 Å². The molecule has 15 heavy (non-hydrogen) atoms. The highest BCUT2D eigenvalue weighted by Gasteiger charge is 2.23. The maximum atomic E-state index is 11.1. The number of carboxylic acids is 1. The quantitative estimate of drug-likeness (QED) is 0.607. The zero-order valence-electron chi connectivity index (χ0n) is 8.78. The van der Waals surface area contributed by atoms with E-state index in [-0.39, 0.29) is 18.7 Å². The Morgan fingerprint density at radius 3 is 2.40 bits per heavy atom. The lowest BCUT2D eigenvalue weighted by atomic mass is 10.2. The van der Waals surface area contributed by atoms with Gasteiger partial charge in [0, 0.05) is 6.42 Å². The van der Waals surface area contributed by atoms with E-state index in [9.17, 15) is 14.4 Å². The second-order valence-corrected chi connectivity index (χ2v) is 2.99. The van der Waals surface area contributed by atoms with E-state index in [1.165, 1.54) is 0 Å². The molecule has 0 unspecified atom stereocenters. The van der Waals surface area contributed by atoms with Crippen molar-refractivity contribution in [2.75, 3.05) is 7.11 Å². The van der Waals surface area contributed by atoms with E-state index >= 15 is 0 Å². The van der Waals surface area contributed by atoms with Gasteiger partial charge in [-0.2, -0.15) is 0 Å². The van der Waals surface area contributed by atoms with Gasteiger partial charge >= 0.3 is 11.9 Å². The van der Waals surface area contributed by atoms with E-state index < -0.39 is 18.0 Å². The maximum Gasteiger partial charge on any atom is 0.326 e. The van der Waals surface area contributed by atoms with Crippen molar-refractivity contribution in [1.29, 1.82) is 0 Å². The molecule has 1 atom stereocenters. The van der Waals surface area contributed by atoms with Gasteiger partial charge in [0.1, 0.15) is 6.04 Å². The Kier molecular flexibility index (Phi) is 6.08. The number of carboxylic acid groups (broad SMARTS) is 1. The summed E-state index contributed by atoms with van der Waals surface area (Å²) in [6.07, 6.45) is 0.503. The van der Waals surface area contributed by atoms with Crippen molar-refractivity contribution in [3.63, 3.8) is 0 Å². The molecule has 86 valence electrons. The molecule has 0 aliphatic rings. The average molecular weight is 217 g/mol. The number of esters is 1. The van der Waals surface area contributed by atoms with Crippen LogP contribution in [-0.4, -0.2) is 36.1 Å². The fraction of sp³-hybridized carbons (Fsp3) is 0.667. The van der Waals surface area contributed by atoms with Gasteiger partial charge in [-0.15, -0.1) is 0 Å². The predicted molar refractivity (Wildman–Crippen MR) is 51.1 cm³/mol. The minimum atomic E-state index is -1.25. The molecule has 0 aliphatic heterocycles. The van der Waals surface area contributed by atoms with Crippen LogP contribution in [0.15, 0.2) is 0 Å². The largest absolute Gasteiger partial charge is 0.480 e. The summed E-state index contributed by atoms with van der Waals surface area (Å²) in [6, 6.07) is -1.21. The van der Waals surface area contributed by atoms with E-state index in [2.05, 4.69) is 10.1 Å². The number of amides is 1. The van der Waals surface area contributed by atoms with Crippen LogP contribution < -0.4 is 5.32 Å². The lowest BCUT2D eigenvalue weighted by molar-refractivity contribution is -0.148. The molecule has 0 aromatic heterocycles. The molecule has 0 radical (unpaired) electrons. The molecule has 0 aliphatic carbocycles. The Morgan fingerprint density at radius 1 is 1.40 bits per heavy atom. The van der Waals surface area contributed by atoms with E-state index in [4.69, 9.17) is 5.11 Å². The first-order chi connectivity index (χ1) is 7.01. The van der Waals surface area contributed by atoms with Gasteiger partial charge in [-0.1, -0.05) is 6.92 Å². The van der Waals surface area contributed by atoms with Crippen molar-refractivity contribution in [3.8, 4) is 0 Å². The van der Waals surface area contributed by atoms with Crippen LogP contribution in [-0.2, 0) is 19.1 Å². The average Bonchev–Trinajstić information content (AvgIpc) is 2.16. The summed E-state index contributed by atoms with van der Waals surface area (Å²) >= 11 is 0. The van der Waals surface area contributed by atoms with Crippen LogP contribution in [0.4, 0.5) is 0 Å². The normalized spacial score (nSPS) is 11.6. The summed E-state index contributed by atoms with van der Waals surface area (Å²) in [5, 5.41) is 11.0. The van der Waals surface area contributed by atoms with Crippen LogP contribution >= 0.6 is 0 Å². The van der Waals surface area contributed by atoms with Crippen molar-refractivity contribution in [2.45, 2.75) is 32.2 Å². The number of hydrogen-bond acceptors (Lipinski definition) is 4. The summed E-state index contributed by atoms with van der Waals surface area (Å²) in [6.45, 7) is 1.80. The van der Waals surface area contributed by atoms with Crippen LogP contribution in [0.5, 0.6) is 0 Å². The number of methoxy groups -OCH3 is 1. The van der Waals surface area contributed by atoms with Crippen molar-refractivity contribution < 1.29 is 24.2 Å². The van der Waals surface area contributed by atoms with E-state index in [1.54, 1.807) is 6.92 Å². The molecule has 0 heterocycles. The molecular weight excluding hydrogens is 202 g/mol. The van der Waals surface area contributed by atoms with Crippen molar-refractivity contribution >= 4 is 17.8 Å². The topological polar surface area (TPSA) is 92.7 Å². The molecular formula is C9H15NO5. The molecule has 0 saturated carbocycles. The molecule has 6 heteroatoms. The summed E-state index contributed by atoms with van der Waals surface area (Å²) < 4.78 is 4.32. The van der Waals surface area contributed by atoms with Crippen LogP contribution in [0.1, 0.15) is 26.2 Å². The molecule has 0 aromatic carbocycles. The molecule has 0 bridgehead atoms. The first kappa shape index (κ1) is 13.4. The summed E-state index contributed by atoms with van der Waals surface area (Å²) in [7, 11) is 1.16. The molecule has 0 saturated heterocycles. The maximum absolute atomic E-state index is 11.1. The van der Waals surface area contributed by atoms with Gasteiger partial charge in [-0.25, -0.2) is 4.79 Å². The second-order valence-electron chi connectivity index (χ2n) is 2.99. The van der Waals surface area contributed by atoms with Gasteiger partial charge < -0.3 is 15.2 Å². The molecule has 6 nitrogen and oxygen atoms in total. The fourth-order valence-electron chi connectivity index (χ4n) is 0.944. The molecule has 0 fully saturated rings. The molecule has 1 amide bonds. The SMILES string of the molecule is CCCC(=O)N[C@@H](CC(=O)OC)C(=O)O. The Labute approximate surface area is 87.6 Å². The smallest absolute Gasteiger partial charge is 0.326 e. The third-order valence-electron chi connectivity index (χ3n) is 1.71. The van der Waals surface area contributed by atoms with Crippen LogP contribution in [0.2, 0.25) is 0 Å². The molecule has 0 aromatic rings. The van der Waals surface area contributed by atoms with Gasteiger partial charge in [-0.05, 0) is 6.42 Å². The van der Waals surface area contributed by atoms with E-state index in [0.717, 1.165) is 7.11 Å². The lowest BCUT2D eigenvalue weighted by Gasteiger charge is -2.12. The summed E-state index contributed by atoms with van der Waals surface area (Å²) in [5.74, 6) is -2.29. The highest BCUT2D eigenvalue weighted by Crippen LogP contribution is 1.97. The third kappa shape index (κ3) is 5.66. The number of carbonyl (C=O) groups excluding carboxylic acids is 2. The van der Waals surface area contributed by atoms with Crippen LogP contribution in [0.3, 0.4) is 0 Å². The molecule has 2 N–H and O–H groups in total. The van der Waals surface area contributed by atoms with E-state index in [0.29, 0.717) is 6.42 Å². The van der Waals surface area contributed by atoms with Crippen LogP contribution in [0, 0.1) is 0 Å². The lowest BCUT2D eigenvalue weighted by Crippen LogP contribution is -2.42. The van der Waals surface area contributed by atoms with Gasteiger partial charge in [0.2, 0.25) is 5.91 Å². The predicted octanol–water partition coefficient (Wildman–Crippen LogP) is -0.0810. The second kappa shape index (κ2) is 6.80. The summed E-state index contributed by atoms with van der Waals surface area (Å²) in [4.78, 5) is 32.6. The Bertz CT molecular complexity index is 251. The molecule has 0 spiro atoms. The molecule has 0 rings (SSSR count). The summed E-state index contributed by atoms with van der Waals surface area (Å²) in [5.41, 5.74) is 0. The Hall–Kier alpha value is -1.59. The first-order valence-electron chi connectivity index (χ1n) is 4.60. The monoisotopic (exact) mass is 217 g/mol. The highest BCUT2D eigenvalue weighted by atomic mass is 16.5. The minimum Gasteiger partial charge on any atom is -0.480 e. The standard InChI is InChI=1S/C9H15NO5/c1-3-4-7(11)10-6(9(13)14)5-8(12)15-2/h6H,3-5H2,1-2H3,(H,10,11)(H,13,14)/t6-/m0/s1. The van der Waals surface area contributed by atoms with Gasteiger partial charge in [-0.3, -0.25) is 9.59 Å². The number of rotatable bonds is 6. The highest BCUT2D eigenvalue weighted by molar-refractivity contribution is 5.87. The zero-order valence-corrected chi connectivity index (χ0v) is 8.78. The fourth-order valence-corrected chi connectivity index (χ4v) is 0.944. The third-order valence-corrected chi connectivity index (χ3v) is 1.71. The number of nitrogens with one attached hydrogen (secondary N) is 1. The number of ether oxygens (including phenoxy) is 1. The van der Waals surface area contributed by atoms with Gasteiger partial charge in [0.15, 0.2) is 0 Å². The number of carbonyl (C=O) groups is 3. The number of hydrogen-bond donors (Lipinski definition) is 2. The van der Waals surface area contributed by atoms with E-state index in [1.807, 2.05) is 0 Å². The van der Waals surface area contributed by atoms with Crippen molar-refractivity contribution in [3.05, 3.63) is 0 Å². The number of aliphatic carboxylic acids is 1. The Morgan fingerprint density at radius 2 is 2.00 bits per heavy atom. The first-order valence-corrected chi connectivity index (χ1v) is 4.60. The minimum absolute atomic E-state index is 0.241. The Balaban J connectivity index is 4.22. The van der Waals surface area contributed by atoms with Crippen molar-refractivity contribution in [1.82, 2.24) is 5.32 Å². The van der Waals surface area contributed by atoms with Crippen LogP contribution in [0.25, 0.3) is 0 Å².